The van der Waals surface area contributed by atoms with E-state index in [4.69, 9.17) is 5.73 Å². The number of hydrogen-bond donors (Lipinski definition) is 1. The van der Waals surface area contributed by atoms with Crippen LogP contribution in [-0.4, -0.2) is 6.04 Å². The Labute approximate surface area is 106 Å². The van der Waals surface area contributed by atoms with Crippen LogP contribution in [0.2, 0.25) is 0 Å². The van der Waals surface area contributed by atoms with E-state index in [-0.39, 0.29) is 11.5 Å². The Morgan fingerprint density at radius 2 is 1.71 bits per heavy atom. The lowest BCUT2D eigenvalue weighted by molar-refractivity contribution is 0.306. The Bertz CT molecular complexity index is 336. The van der Waals surface area contributed by atoms with Crippen LogP contribution < -0.4 is 5.73 Å². The van der Waals surface area contributed by atoms with Crippen LogP contribution >= 0.6 is 0 Å². The molecule has 0 fully saturated rings. The molecule has 2 N–H and O–H groups in total. The van der Waals surface area contributed by atoms with Crippen molar-refractivity contribution in [2.24, 2.45) is 11.1 Å². The van der Waals surface area contributed by atoms with Crippen LogP contribution in [0.25, 0.3) is 0 Å². The quantitative estimate of drug-likeness (QED) is 0.819. The van der Waals surface area contributed by atoms with Crippen LogP contribution in [0.4, 0.5) is 0 Å². The molecular weight excluding hydrogens is 206 g/mol. The van der Waals surface area contributed by atoms with Crippen LogP contribution in [0.15, 0.2) is 24.3 Å². The number of nitrogens with two attached hydrogens (primary N) is 1. The van der Waals surface area contributed by atoms with E-state index in [2.05, 4.69) is 52.0 Å². The lowest BCUT2D eigenvalue weighted by Gasteiger charge is -2.27. The number of hydrogen-bond acceptors (Lipinski definition) is 1. The van der Waals surface area contributed by atoms with Gasteiger partial charge in [0.2, 0.25) is 0 Å². The first-order valence-corrected chi connectivity index (χ1v) is 6.77. The zero-order valence-corrected chi connectivity index (χ0v) is 11.8. The average molecular weight is 233 g/mol. The highest BCUT2D eigenvalue weighted by Crippen LogP contribution is 2.21. The molecule has 0 amide bonds. The molecule has 96 valence electrons. The van der Waals surface area contributed by atoms with E-state index in [0.717, 1.165) is 12.8 Å². The molecule has 0 aliphatic carbocycles. The summed E-state index contributed by atoms with van der Waals surface area (Å²) in [6.07, 6.45) is 4.55. The van der Waals surface area contributed by atoms with Gasteiger partial charge in [-0.05, 0) is 35.8 Å². The minimum Gasteiger partial charge on any atom is -0.327 e. The fourth-order valence-corrected chi connectivity index (χ4v) is 1.98. The van der Waals surface area contributed by atoms with Crippen molar-refractivity contribution in [1.82, 2.24) is 0 Å². The van der Waals surface area contributed by atoms with Crippen molar-refractivity contribution in [2.75, 3.05) is 0 Å². The Balaban J connectivity index is 2.54. The summed E-state index contributed by atoms with van der Waals surface area (Å²) in [5, 5.41) is 0. The molecule has 0 aliphatic rings. The van der Waals surface area contributed by atoms with Gasteiger partial charge in [-0.15, -0.1) is 0 Å². The van der Waals surface area contributed by atoms with E-state index in [1.807, 2.05) is 0 Å². The summed E-state index contributed by atoms with van der Waals surface area (Å²) in [7, 11) is 0. The summed E-state index contributed by atoms with van der Waals surface area (Å²) < 4.78 is 0. The van der Waals surface area contributed by atoms with E-state index < -0.39 is 0 Å². The third-order valence-corrected chi connectivity index (χ3v) is 3.39. The predicted molar refractivity (Wildman–Crippen MR) is 76.2 cm³/mol. The summed E-state index contributed by atoms with van der Waals surface area (Å²) in [5.41, 5.74) is 9.28. The van der Waals surface area contributed by atoms with Crippen molar-refractivity contribution in [3.8, 4) is 0 Å². The first-order valence-electron chi connectivity index (χ1n) is 6.77. The fourth-order valence-electron chi connectivity index (χ4n) is 1.98. The minimum absolute atomic E-state index is 0.209. The summed E-state index contributed by atoms with van der Waals surface area (Å²) in [6, 6.07) is 9.21. The number of rotatable bonds is 5. The molecule has 1 aromatic carbocycles. The molecule has 0 radical (unpaired) electrons. The Kier molecular flexibility index (Phi) is 5.20. The van der Waals surface area contributed by atoms with Gasteiger partial charge in [0.05, 0.1) is 0 Å². The maximum atomic E-state index is 6.20. The van der Waals surface area contributed by atoms with Crippen molar-refractivity contribution in [1.29, 1.82) is 0 Å². The van der Waals surface area contributed by atoms with Gasteiger partial charge in [0, 0.05) is 6.04 Å². The van der Waals surface area contributed by atoms with E-state index in [1.165, 1.54) is 24.0 Å². The average Bonchev–Trinajstić information content (AvgIpc) is 2.25. The smallest absolute Gasteiger partial charge is 0.00908 e. The topological polar surface area (TPSA) is 26.0 Å². The molecule has 0 bridgehead atoms. The third kappa shape index (κ3) is 4.91. The monoisotopic (exact) mass is 233 g/mol. The SMILES string of the molecule is CCCc1cccc(CCC(N)C(C)(C)C)c1. The summed E-state index contributed by atoms with van der Waals surface area (Å²) >= 11 is 0. The van der Waals surface area contributed by atoms with Crippen molar-refractivity contribution in [3.63, 3.8) is 0 Å². The molecule has 17 heavy (non-hydrogen) atoms. The standard InChI is InChI=1S/C16H27N/c1-5-7-13-8-6-9-14(12-13)10-11-15(17)16(2,3)4/h6,8-9,12,15H,5,7,10-11,17H2,1-4H3. The van der Waals surface area contributed by atoms with Crippen LogP contribution in [0.3, 0.4) is 0 Å². The zero-order chi connectivity index (χ0) is 12.9. The van der Waals surface area contributed by atoms with Crippen molar-refractivity contribution < 1.29 is 0 Å². The van der Waals surface area contributed by atoms with Crippen LogP contribution in [0, 0.1) is 5.41 Å². The maximum Gasteiger partial charge on any atom is 0.00908 e. The Hall–Kier alpha value is -0.820. The second kappa shape index (κ2) is 6.20. The van der Waals surface area contributed by atoms with E-state index in [1.54, 1.807) is 0 Å². The molecule has 1 heteroatoms. The lowest BCUT2D eigenvalue weighted by Crippen LogP contribution is -2.35. The molecule has 0 saturated carbocycles. The molecule has 0 aromatic heterocycles. The van der Waals surface area contributed by atoms with Gasteiger partial charge in [0.15, 0.2) is 0 Å². The zero-order valence-electron chi connectivity index (χ0n) is 11.8. The second-order valence-electron chi connectivity index (χ2n) is 6.08. The molecule has 1 unspecified atom stereocenters. The highest BCUT2D eigenvalue weighted by atomic mass is 14.7. The molecule has 1 atom stereocenters. The fraction of sp³-hybridized carbons (Fsp3) is 0.625. The highest BCUT2D eigenvalue weighted by molar-refractivity contribution is 5.23. The minimum atomic E-state index is 0.209. The molecule has 0 spiro atoms. The molecule has 0 aliphatic heterocycles. The normalized spacial score (nSPS) is 13.7. The third-order valence-electron chi connectivity index (χ3n) is 3.39. The van der Waals surface area contributed by atoms with E-state index >= 15 is 0 Å². The highest BCUT2D eigenvalue weighted by Gasteiger charge is 2.19. The number of benzene rings is 1. The van der Waals surface area contributed by atoms with Gasteiger partial charge in [0.1, 0.15) is 0 Å². The molecule has 0 heterocycles. The summed E-state index contributed by atoms with van der Waals surface area (Å²) in [4.78, 5) is 0. The summed E-state index contributed by atoms with van der Waals surface area (Å²) in [5.74, 6) is 0. The molecule has 1 aromatic rings. The van der Waals surface area contributed by atoms with Crippen LogP contribution in [-0.2, 0) is 12.8 Å². The maximum absolute atomic E-state index is 6.20. The first-order chi connectivity index (χ1) is 7.93. The van der Waals surface area contributed by atoms with Gasteiger partial charge >= 0.3 is 0 Å². The summed E-state index contributed by atoms with van der Waals surface area (Å²) in [6.45, 7) is 8.86. The first kappa shape index (κ1) is 14.2. The van der Waals surface area contributed by atoms with Gasteiger partial charge in [0.25, 0.3) is 0 Å². The second-order valence-corrected chi connectivity index (χ2v) is 6.08. The van der Waals surface area contributed by atoms with Gasteiger partial charge in [-0.25, -0.2) is 0 Å². The van der Waals surface area contributed by atoms with Gasteiger partial charge in [-0.1, -0.05) is 58.4 Å². The van der Waals surface area contributed by atoms with Crippen molar-refractivity contribution >= 4 is 0 Å². The van der Waals surface area contributed by atoms with E-state index in [9.17, 15) is 0 Å². The van der Waals surface area contributed by atoms with Crippen LogP contribution in [0.5, 0.6) is 0 Å². The Morgan fingerprint density at radius 3 is 2.24 bits per heavy atom. The lowest BCUT2D eigenvalue weighted by atomic mass is 9.84. The molecule has 1 rings (SSSR count). The van der Waals surface area contributed by atoms with E-state index in [0.29, 0.717) is 0 Å². The molecule has 1 nitrogen and oxygen atoms in total. The largest absolute Gasteiger partial charge is 0.327 e. The van der Waals surface area contributed by atoms with Crippen molar-refractivity contribution in [3.05, 3.63) is 35.4 Å². The van der Waals surface area contributed by atoms with Crippen LogP contribution in [0.1, 0.15) is 51.7 Å². The van der Waals surface area contributed by atoms with Gasteiger partial charge < -0.3 is 5.73 Å². The number of aryl methyl sites for hydroxylation is 2. The van der Waals surface area contributed by atoms with Gasteiger partial charge in [-0.3, -0.25) is 0 Å². The Morgan fingerprint density at radius 1 is 1.12 bits per heavy atom. The van der Waals surface area contributed by atoms with Gasteiger partial charge in [-0.2, -0.15) is 0 Å². The predicted octanol–water partition coefficient (Wildman–Crippen LogP) is 3.95. The molecular formula is C16H27N. The van der Waals surface area contributed by atoms with Crippen molar-refractivity contribution in [2.45, 2.75) is 59.4 Å². The molecule has 0 saturated heterocycles.